The van der Waals surface area contributed by atoms with Gasteiger partial charge in [-0.1, -0.05) is 41.6 Å². The highest BCUT2D eigenvalue weighted by Gasteiger charge is 2.13. The maximum atomic E-state index is 12.5. The second kappa shape index (κ2) is 9.05. The summed E-state index contributed by atoms with van der Waals surface area (Å²) in [6.45, 7) is 2.03. The lowest BCUT2D eigenvalue weighted by atomic mass is 10.1. The van der Waals surface area contributed by atoms with Gasteiger partial charge in [0.05, 0.1) is 25.7 Å². The fraction of sp³-hybridized carbons (Fsp3) is 0.182. The number of aryl methyl sites for hydroxylation is 1. The van der Waals surface area contributed by atoms with E-state index in [1.807, 2.05) is 43.3 Å². The molecule has 1 N–H and O–H groups in total. The van der Waals surface area contributed by atoms with Crippen LogP contribution in [0.25, 0.3) is 17.0 Å². The lowest BCUT2D eigenvalue weighted by Gasteiger charge is -2.11. The lowest BCUT2D eigenvalue weighted by molar-refractivity contribution is -0.113. The quantitative estimate of drug-likeness (QED) is 0.441. The number of thioether (sulfide) groups is 1. The summed E-state index contributed by atoms with van der Waals surface area (Å²) >= 11 is 1.33. The van der Waals surface area contributed by atoms with Crippen LogP contribution in [0.4, 0.5) is 5.69 Å². The Morgan fingerprint density at radius 1 is 1.03 bits per heavy atom. The Morgan fingerprint density at radius 3 is 2.58 bits per heavy atom. The smallest absolute Gasteiger partial charge is 0.234 e. The number of ether oxygens (including phenoxy) is 2. The Morgan fingerprint density at radius 2 is 1.84 bits per heavy atom. The van der Waals surface area contributed by atoms with Crippen LogP contribution in [0, 0.1) is 6.92 Å². The summed E-state index contributed by atoms with van der Waals surface area (Å²) in [5.41, 5.74) is 3.32. The standard InChI is InChI=1S/C22H21N5O3S/c1-14-4-6-15(7-5-14)22-25-24-19-10-11-21(26-27(19)22)31-13-20(28)23-17-9-8-16(29-2)12-18(17)30-3/h4-12H,13H2,1-3H3,(H,23,28). The van der Waals surface area contributed by atoms with Gasteiger partial charge in [0.1, 0.15) is 16.5 Å². The molecule has 0 aliphatic carbocycles. The van der Waals surface area contributed by atoms with E-state index >= 15 is 0 Å². The number of aromatic nitrogens is 4. The van der Waals surface area contributed by atoms with E-state index < -0.39 is 0 Å². The first-order valence-corrected chi connectivity index (χ1v) is 10.5. The Kier molecular flexibility index (Phi) is 6.03. The summed E-state index contributed by atoms with van der Waals surface area (Å²) in [6, 6.07) is 16.9. The summed E-state index contributed by atoms with van der Waals surface area (Å²) in [5.74, 6) is 1.86. The van der Waals surface area contributed by atoms with Crippen LogP contribution >= 0.6 is 11.8 Å². The molecule has 0 fully saturated rings. The van der Waals surface area contributed by atoms with Crippen molar-refractivity contribution in [2.24, 2.45) is 0 Å². The Balaban J connectivity index is 1.47. The second-order valence-electron chi connectivity index (χ2n) is 6.73. The number of anilines is 1. The maximum Gasteiger partial charge on any atom is 0.234 e. The fourth-order valence-electron chi connectivity index (χ4n) is 2.96. The zero-order valence-corrected chi connectivity index (χ0v) is 18.1. The molecular weight excluding hydrogens is 414 g/mol. The van der Waals surface area contributed by atoms with E-state index in [1.54, 1.807) is 36.9 Å². The van der Waals surface area contributed by atoms with Gasteiger partial charge in [-0.3, -0.25) is 4.79 Å². The van der Waals surface area contributed by atoms with E-state index in [4.69, 9.17) is 9.47 Å². The third-order valence-electron chi connectivity index (χ3n) is 4.58. The van der Waals surface area contributed by atoms with Crippen LogP contribution in [0.2, 0.25) is 0 Å². The maximum absolute atomic E-state index is 12.5. The van der Waals surface area contributed by atoms with Crippen LogP contribution in [-0.2, 0) is 4.79 Å². The number of benzene rings is 2. The highest BCUT2D eigenvalue weighted by atomic mass is 32.2. The van der Waals surface area contributed by atoms with Crippen molar-refractivity contribution in [1.82, 2.24) is 19.8 Å². The molecule has 8 nitrogen and oxygen atoms in total. The summed E-state index contributed by atoms with van der Waals surface area (Å²) in [4.78, 5) is 12.5. The van der Waals surface area contributed by atoms with Crippen molar-refractivity contribution in [2.45, 2.75) is 11.9 Å². The zero-order chi connectivity index (χ0) is 21.8. The van der Waals surface area contributed by atoms with E-state index in [-0.39, 0.29) is 11.7 Å². The summed E-state index contributed by atoms with van der Waals surface area (Å²) in [5, 5.41) is 16.6. The van der Waals surface area contributed by atoms with Crippen LogP contribution in [-0.4, -0.2) is 45.7 Å². The molecule has 2 aromatic carbocycles. The van der Waals surface area contributed by atoms with Gasteiger partial charge >= 0.3 is 0 Å². The van der Waals surface area contributed by atoms with E-state index in [0.717, 1.165) is 5.56 Å². The first-order valence-electron chi connectivity index (χ1n) is 9.51. The minimum Gasteiger partial charge on any atom is -0.497 e. The third-order valence-corrected chi connectivity index (χ3v) is 5.50. The van der Waals surface area contributed by atoms with Crippen LogP contribution in [0.1, 0.15) is 5.56 Å². The SMILES string of the molecule is COc1ccc(NC(=O)CSc2ccc3nnc(-c4ccc(C)cc4)n3n2)c(OC)c1. The number of amides is 1. The van der Waals surface area contributed by atoms with Gasteiger partial charge in [0, 0.05) is 11.6 Å². The molecular formula is C22H21N5O3S. The molecule has 4 aromatic rings. The van der Waals surface area contributed by atoms with Gasteiger partial charge in [0.15, 0.2) is 11.5 Å². The Bertz CT molecular complexity index is 1220. The molecule has 2 heterocycles. The molecule has 31 heavy (non-hydrogen) atoms. The van der Waals surface area contributed by atoms with E-state index in [0.29, 0.717) is 33.7 Å². The zero-order valence-electron chi connectivity index (χ0n) is 17.3. The van der Waals surface area contributed by atoms with Gasteiger partial charge in [0.2, 0.25) is 5.91 Å². The fourth-order valence-corrected chi connectivity index (χ4v) is 3.61. The van der Waals surface area contributed by atoms with Crippen molar-refractivity contribution in [3.8, 4) is 22.9 Å². The number of carbonyl (C=O) groups excluding carboxylic acids is 1. The van der Waals surface area contributed by atoms with E-state index in [9.17, 15) is 4.79 Å². The average Bonchev–Trinajstić information content (AvgIpc) is 3.21. The number of hydrogen-bond acceptors (Lipinski definition) is 7. The van der Waals surface area contributed by atoms with Gasteiger partial charge in [-0.25, -0.2) is 0 Å². The Hall–Kier alpha value is -3.59. The molecule has 9 heteroatoms. The van der Waals surface area contributed by atoms with Crippen molar-refractivity contribution in [2.75, 3.05) is 25.3 Å². The highest BCUT2D eigenvalue weighted by molar-refractivity contribution is 7.99. The van der Waals surface area contributed by atoms with Crippen molar-refractivity contribution in [1.29, 1.82) is 0 Å². The number of hydrogen-bond donors (Lipinski definition) is 1. The summed E-state index contributed by atoms with van der Waals surface area (Å²) in [7, 11) is 3.12. The number of methoxy groups -OCH3 is 2. The number of nitrogens with zero attached hydrogens (tertiary/aromatic N) is 4. The highest BCUT2D eigenvalue weighted by Crippen LogP contribution is 2.29. The summed E-state index contributed by atoms with van der Waals surface area (Å²) < 4.78 is 12.2. The minimum atomic E-state index is -0.169. The number of rotatable bonds is 7. The van der Waals surface area contributed by atoms with Gasteiger partial charge in [-0.15, -0.1) is 10.2 Å². The monoisotopic (exact) mass is 435 g/mol. The van der Waals surface area contributed by atoms with Crippen LogP contribution in [0.15, 0.2) is 59.6 Å². The third kappa shape index (κ3) is 4.61. The predicted molar refractivity (Wildman–Crippen MR) is 120 cm³/mol. The largest absolute Gasteiger partial charge is 0.497 e. The van der Waals surface area contributed by atoms with Crippen LogP contribution in [0.3, 0.4) is 0 Å². The molecule has 0 atom stereocenters. The normalized spacial score (nSPS) is 10.8. The molecule has 0 aliphatic heterocycles. The van der Waals surface area contributed by atoms with Gasteiger partial charge in [-0.2, -0.15) is 9.61 Å². The molecule has 0 saturated heterocycles. The molecule has 0 saturated carbocycles. The minimum absolute atomic E-state index is 0.169. The molecule has 158 valence electrons. The first kappa shape index (κ1) is 20.7. The van der Waals surface area contributed by atoms with E-state index in [2.05, 4.69) is 20.6 Å². The topological polar surface area (TPSA) is 90.6 Å². The Labute approximate surface area is 183 Å². The number of nitrogens with one attached hydrogen (secondary N) is 1. The van der Waals surface area contributed by atoms with Crippen molar-refractivity contribution in [3.63, 3.8) is 0 Å². The molecule has 4 rings (SSSR count). The van der Waals surface area contributed by atoms with Crippen LogP contribution < -0.4 is 14.8 Å². The van der Waals surface area contributed by atoms with Crippen molar-refractivity contribution < 1.29 is 14.3 Å². The molecule has 0 radical (unpaired) electrons. The molecule has 2 aromatic heterocycles. The predicted octanol–water partition coefficient (Wildman–Crippen LogP) is 3.85. The molecule has 0 unspecified atom stereocenters. The average molecular weight is 436 g/mol. The number of carbonyl (C=O) groups is 1. The molecule has 0 spiro atoms. The van der Waals surface area contributed by atoms with Crippen molar-refractivity contribution >= 4 is 29.0 Å². The first-order chi connectivity index (χ1) is 15.1. The van der Waals surface area contributed by atoms with E-state index in [1.165, 1.54) is 17.3 Å². The van der Waals surface area contributed by atoms with Gasteiger partial charge < -0.3 is 14.8 Å². The van der Waals surface area contributed by atoms with Gasteiger partial charge in [0.25, 0.3) is 0 Å². The summed E-state index contributed by atoms with van der Waals surface area (Å²) in [6.07, 6.45) is 0. The molecule has 0 aliphatic rings. The number of fused-ring (bicyclic) bond motifs is 1. The van der Waals surface area contributed by atoms with Crippen LogP contribution in [0.5, 0.6) is 11.5 Å². The lowest BCUT2D eigenvalue weighted by Crippen LogP contribution is -2.15. The molecule has 0 bridgehead atoms. The second-order valence-corrected chi connectivity index (χ2v) is 7.73. The van der Waals surface area contributed by atoms with Crippen molar-refractivity contribution in [3.05, 3.63) is 60.2 Å². The van der Waals surface area contributed by atoms with Gasteiger partial charge in [-0.05, 0) is 31.2 Å². The molecule has 1 amide bonds.